The van der Waals surface area contributed by atoms with Crippen LogP contribution >= 0.6 is 0 Å². The largest absolute Gasteiger partial charge is 0.507 e. The first-order valence-electron chi connectivity index (χ1n) is 8.38. The van der Waals surface area contributed by atoms with Crippen LogP contribution in [0.25, 0.3) is 0 Å². The number of aromatic hydroxyl groups is 2. The molecule has 0 fully saturated rings. The molecule has 158 valence electrons. The summed E-state index contributed by atoms with van der Waals surface area (Å²) >= 11 is 0. The quantitative estimate of drug-likeness (QED) is 0.304. The molecular weight excluding hydrogens is 400 g/mol. The third-order valence-corrected chi connectivity index (χ3v) is 3.69. The Kier molecular flexibility index (Phi) is 6.52. The Hall–Kier alpha value is -4.22. The van der Waals surface area contributed by atoms with Crippen molar-refractivity contribution < 1.29 is 28.6 Å². The molecule has 2 heterocycles. The van der Waals surface area contributed by atoms with Crippen molar-refractivity contribution in [1.29, 1.82) is 0 Å². The fourth-order valence-electron chi connectivity index (χ4n) is 2.34. The smallest absolute Gasteiger partial charge is 0.348 e. The van der Waals surface area contributed by atoms with E-state index in [-0.39, 0.29) is 34.1 Å². The molecule has 2 aromatic rings. The molecule has 4 N–H and O–H groups in total. The zero-order chi connectivity index (χ0) is 22.6. The van der Waals surface area contributed by atoms with Gasteiger partial charge in [-0.2, -0.15) is 10.2 Å². The summed E-state index contributed by atoms with van der Waals surface area (Å²) in [5.74, 6) is -2.94. The van der Waals surface area contributed by atoms with E-state index in [0.29, 0.717) is 0 Å². The lowest BCUT2D eigenvalue weighted by Crippen LogP contribution is -2.36. The van der Waals surface area contributed by atoms with Crippen molar-refractivity contribution >= 4 is 23.2 Å². The van der Waals surface area contributed by atoms with Gasteiger partial charge in [0.05, 0.1) is 11.4 Å². The lowest BCUT2D eigenvalue weighted by Gasteiger charge is -2.05. The van der Waals surface area contributed by atoms with Crippen LogP contribution in [-0.4, -0.2) is 33.5 Å². The fraction of sp³-hybridized carbons (Fsp3) is 0.222. The van der Waals surface area contributed by atoms with Crippen LogP contribution in [0.1, 0.15) is 36.5 Å². The van der Waals surface area contributed by atoms with Gasteiger partial charge in [-0.3, -0.25) is 9.59 Å². The highest BCUT2D eigenvalue weighted by Crippen LogP contribution is 2.16. The van der Waals surface area contributed by atoms with E-state index in [2.05, 4.69) is 10.2 Å². The average molecular weight is 418 g/mol. The molecule has 0 spiro atoms. The normalized spacial score (nSPS) is 11.9. The van der Waals surface area contributed by atoms with Gasteiger partial charge in [-0.25, -0.2) is 20.4 Å². The van der Waals surface area contributed by atoms with Gasteiger partial charge in [-0.05, 0) is 27.7 Å². The molecule has 12 nitrogen and oxygen atoms in total. The third-order valence-electron chi connectivity index (χ3n) is 3.69. The summed E-state index contributed by atoms with van der Waals surface area (Å²) < 4.78 is 9.68. The van der Waals surface area contributed by atoms with E-state index in [9.17, 15) is 29.4 Å². The van der Waals surface area contributed by atoms with Crippen LogP contribution < -0.4 is 22.1 Å². The number of rotatable bonds is 4. The summed E-state index contributed by atoms with van der Waals surface area (Å²) in [5, 5.41) is 26.8. The lowest BCUT2D eigenvalue weighted by molar-refractivity contribution is -0.139. The third kappa shape index (κ3) is 4.98. The van der Waals surface area contributed by atoms with Gasteiger partial charge in [0.25, 0.3) is 0 Å². The minimum absolute atomic E-state index is 0.107. The highest BCUT2D eigenvalue weighted by molar-refractivity contribution is 6.35. The average Bonchev–Trinajstić information content (AvgIpc) is 2.62. The summed E-state index contributed by atoms with van der Waals surface area (Å²) in [6.45, 7) is 5.54. The zero-order valence-corrected chi connectivity index (χ0v) is 16.4. The van der Waals surface area contributed by atoms with Crippen LogP contribution in [0.3, 0.4) is 0 Å². The highest BCUT2D eigenvalue weighted by Gasteiger charge is 2.17. The Balaban J connectivity index is 2.11. The first-order chi connectivity index (χ1) is 14.0. The molecule has 0 aromatic carbocycles. The van der Waals surface area contributed by atoms with Gasteiger partial charge in [0.2, 0.25) is 0 Å². The molecule has 0 aliphatic carbocycles. The van der Waals surface area contributed by atoms with Gasteiger partial charge in [0, 0.05) is 12.1 Å². The number of carbonyl (C=O) groups is 2. The predicted octanol–water partition coefficient (Wildman–Crippen LogP) is 0.00164. The lowest BCUT2D eigenvalue weighted by atomic mass is 10.2. The van der Waals surface area contributed by atoms with Crippen LogP contribution in [-0.2, 0) is 9.59 Å². The minimum atomic E-state index is -1.25. The van der Waals surface area contributed by atoms with Crippen molar-refractivity contribution in [2.45, 2.75) is 27.7 Å². The number of hydrazone groups is 2. The maximum Gasteiger partial charge on any atom is 0.348 e. The molecule has 0 bridgehead atoms. The second-order valence-electron chi connectivity index (χ2n) is 6.09. The molecule has 0 radical (unpaired) electrons. The van der Waals surface area contributed by atoms with Crippen molar-refractivity contribution in [3.63, 3.8) is 0 Å². The maximum absolute atomic E-state index is 11.8. The van der Waals surface area contributed by atoms with Crippen LogP contribution in [0.4, 0.5) is 0 Å². The Bertz CT molecular complexity index is 1100. The van der Waals surface area contributed by atoms with Crippen molar-refractivity contribution in [2.75, 3.05) is 0 Å². The molecular formula is C18H18N4O8. The van der Waals surface area contributed by atoms with Gasteiger partial charge in [0.1, 0.15) is 34.1 Å². The van der Waals surface area contributed by atoms with Gasteiger partial charge in [0.15, 0.2) is 0 Å². The molecule has 2 rings (SSSR count). The molecule has 0 atom stereocenters. The molecule has 12 heteroatoms. The van der Waals surface area contributed by atoms with Gasteiger partial charge < -0.3 is 19.0 Å². The van der Waals surface area contributed by atoms with E-state index in [1.807, 2.05) is 10.9 Å². The molecule has 30 heavy (non-hydrogen) atoms. The number of hydrogen-bond acceptors (Lipinski definition) is 10. The van der Waals surface area contributed by atoms with Crippen molar-refractivity contribution in [3.05, 3.63) is 55.6 Å². The van der Waals surface area contributed by atoms with Crippen LogP contribution in [0.5, 0.6) is 11.5 Å². The number of aryl methyl sites for hydroxylation is 2. The first-order valence-corrected chi connectivity index (χ1v) is 8.38. The molecule has 2 amide bonds. The van der Waals surface area contributed by atoms with E-state index in [4.69, 9.17) is 8.83 Å². The summed E-state index contributed by atoms with van der Waals surface area (Å²) in [7, 11) is 0. The summed E-state index contributed by atoms with van der Waals surface area (Å²) in [4.78, 5) is 47.3. The molecule has 0 aliphatic heterocycles. The van der Waals surface area contributed by atoms with E-state index >= 15 is 0 Å². The van der Waals surface area contributed by atoms with E-state index in [1.165, 1.54) is 39.8 Å². The number of nitrogens with zero attached hydrogens (tertiary/aromatic N) is 2. The van der Waals surface area contributed by atoms with Crippen LogP contribution in [0, 0.1) is 13.8 Å². The van der Waals surface area contributed by atoms with E-state index in [1.54, 1.807) is 0 Å². The van der Waals surface area contributed by atoms with Crippen molar-refractivity contribution in [3.8, 4) is 11.5 Å². The Morgan fingerprint density at radius 3 is 1.43 bits per heavy atom. The summed E-state index contributed by atoms with van der Waals surface area (Å²) in [6.07, 6.45) is 0. The topological polar surface area (TPSA) is 184 Å². The highest BCUT2D eigenvalue weighted by atomic mass is 16.4. The number of nitrogens with one attached hydrogen (secondary N) is 2. The second-order valence-corrected chi connectivity index (χ2v) is 6.09. The number of hydrogen-bond donors (Lipinski definition) is 4. The maximum atomic E-state index is 11.8. The standard InChI is InChI=1S/C18H18N4O8/c1-7-5-11(23)13(17(27)29-7)9(3)19-21-15(25)16(26)22-20-10(4)14-12(24)6-8(2)30-18(14)28/h5-6,23-24H,1-4H3,(H,21,25)(H,22,26)/b19-9+,20-10+. The van der Waals surface area contributed by atoms with Gasteiger partial charge in [-0.15, -0.1) is 0 Å². The number of carbonyl (C=O) groups excluding carboxylic acids is 2. The SMILES string of the molecule is C/C(=N\NC(=O)C(=O)N/N=C(\C)c1c(O)cc(C)oc1=O)c1c(O)cc(C)oc1=O. The van der Waals surface area contributed by atoms with Crippen molar-refractivity contribution in [2.24, 2.45) is 10.2 Å². The molecule has 0 saturated carbocycles. The molecule has 0 saturated heterocycles. The fourth-order valence-corrected chi connectivity index (χ4v) is 2.34. The first kappa shape index (κ1) is 22.1. The predicted molar refractivity (Wildman–Crippen MR) is 103 cm³/mol. The minimum Gasteiger partial charge on any atom is -0.507 e. The Morgan fingerprint density at radius 1 is 0.800 bits per heavy atom. The monoisotopic (exact) mass is 418 g/mol. The van der Waals surface area contributed by atoms with E-state index < -0.39 is 34.6 Å². The van der Waals surface area contributed by atoms with Crippen LogP contribution in [0.2, 0.25) is 0 Å². The van der Waals surface area contributed by atoms with Crippen LogP contribution in [0.15, 0.2) is 40.8 Å². The summed E-state index contributed by atoms with van der Waals surface area (Å²) in [6, 6.07) is 2.39. The molecule has 0 aliphatic rings. The van der Waals surface area contributed by atoms with Gasteiger partial charge in [-0.1, -0.05) is 0 Å². The zero-order valence-electron chi connectivity index (χ0n) is 16.4. The molecule has 2 aromatic heterocycles. The second kappa shape index (κ2) is 8.86. The summed E-state index contributed by atoms with van der Waals surface area (Å²) in [5.41, 5.74) is 1.26. The molecule has 0 unspecified atom stereocenters. The van der Waals surface area contributed by atoms with Crippen molar-refractivity contribution in [1.82, 2.24) is 10.9 Å². The number of amides is 2. The Morgan fingerprint density at radius 2 is 1.13 bits per heavy atom. The van der Waals surface area contributed by atoms with Gasteiger partial charge >= 0.3 is 23.1 Å². The van der Waals surface area contributed by atoms with E-state index in [0.717, 1.165) is 0 Å². The Labute approximate surface area is 168 Å².